The Kier molecular flexibility index (Phi) is 9.84. The molecule has 0 atom stereocenters. The number of halogens is 3. The molecule has 1 fully saturated rings. The lowest BCUT2D eigenvalue weighted by Crippen LogP contribution is -2.47. The highest BCUT2D eigenvalue weighted by atomic mass is 19.4. The Balaban J connectivity index is 1.43. The SMILES string of the molecule is CN1CCN(C(=O)c2[nH]nc(-c3ccc(C=O)cc3)c2NC(=O)c2coc(-c3ccnc(N(CC(F)(F)F)C(=O)OC(C)(C)C)c3)n2)CC1. The van der Waals surface area contributed by atoms with Gasteiger partial charge in [0.2, 0.25) is 5.89 Å². The number of hydrogen-bond donors (Lipinski definition) is 2. The molecule has 1 saturated heterocycles. The number of benzene rings is 1. The molecule has 2 N–H and O–H groups in total. The zero-order valence-electron chi connectivity index (χ0n) is 27.0. The van der Waals surface area contributed by atoms with Gasteiger partial charge in [-0.25, -0.2) is 14.8 Å². The number of piperazine rings is 1. The minimum atomic E-state index is -4.77. The molecule has 0 unspecified atom stereocenters. The average molecular weight is 683 g/mol. The number of nitrogens with zero attached hydrogens (tertiary/aromatic N) is 6. The largest absolute Gasteiger partial charge is 0.444 e. The molecule has 1 aliphatic rings. The molecule has 17 heteroatoms. The first-order chi connectivity index (χ1) is 23.1. The van der Waals surface area contributed by atoms with Gasteiger partial charge in [0.1, 0.15) is 47.6 Å². The van der Waals surface area contributed by atoms with Gasteiger partial charge in [0.05, 0.1) is 0 Å². The maximum absolute atomic E-state index is 13.6. The van der Waals surface area contributed by atoms with E-state index in [1.165, 1.54) is 26.8 Å². The molecule has 4 aromatic rings. The molecule has 0 spiro atoms. The number of anilines is 2. The summed E-state index contributed by atoms with van der Waals surface area (Å²) in [7, 11) is 1.95. The number of likely N-dealkylation sites (N-methyl/N-ethyl adjacent to an activating group) is 1. The normalized spacial score (nSPS) is 14.0. The van der Waals surface area contributed by atoms with E-state index >= 15 is 0 Å². The number of hydrogen-bond acceptors (Lipinski definition) is 10. The Labute approximate surface area is 278 Å². The van der Waals surface area contributed by atoms with Crippen LogP contribution in [0.25, 0.3) is 22.7 Å². The van der Waals surface area contributed by atoms with Crippen molar-refractivity contribution in [1.29, 1.82) is 0 Å². The van der Waals surface area contributed by atoms with E-state index in [-0.39, 0.29) is 45.9 Å². The van der Waals surface area contributed by atoms with Crippen molar-refractivity contribution in [3.05, 3.63) is 65.8 Å². The molecule has 0 saturated carbocycles. The van der Waals surface area contributed by atoms with Gasteiger partial charge in [-0.2, -0.15) is 18.3 Å². The molecule has 258 valence electrons. The number of H-pyrrole nitrogens is 1. The fraction of sp³-hybridized carbons (Fsp3) is 0.344. The summed E-state index contributed by atoms with van der Waals surface area (Å²) >= 11 is 0. The lowest BCUT2D eigenvalue weighted by molar-refractivity contribution is -0.119. The Hall–Kier alpha value is -5.58. The molecule has 3 amide bonds. The summed E-state index contributed by atoms with van der Waals surface area (Å²) in [4.78, 5) is 63.2. The molecule has 1 aliphatic heterocycles. The van der Waals surface area contributed by atoms with Crippen LogP contribution < -0.4 is 10.2 Å². The van der Waals surface area contributed by atoms with Crippen molar-refractivity contribution in [2.45, 2.75) is 32.5 Å². The monoisotopic (exact) mass is 682 g/mol. The van der Waals surface area contributed by atoms with Gasteiger partial charge in [-0.15, -0.1) is 0 Å². The molecule has 49 heavy (non-hydrogen) atoms. The summed E-state index contributed by atoms with van der Waals surface area (Å²) in [5.74, 6) is -1.71. The first kappa shape index (κ1) is 34.7. The molecule has 14 nitrogen and oxygen atoms in total. The maximum Gasteiger partial charge on any atom is 0.416 e. The van der Waals surface area contributed by atoms with Gasteiger partial charge in [-0.3, -0.25) is 24.4 Å². The molecule has 0 bridgehead atoms. The van der Waals surface area contributed by atoms with Crippen molar-refractivity contribution in [3.8, 4) is 22.7 Å². The first-order valence-corrected chi connectivity index (χ1v) is 15.0. The zero-order valence-corrected chi connectivity index (χ0v) is 27.0. The number of ether oxygens (including phenoxy) is 1. The Morgan fingerprint density at radius 3 is 2.39 bits per heavy atom. The number of aromatic nitrogens is 4. The summed E-state index contributed by atoms with van der Waals surface area (Å²) in [6.07, 6.45) is -3.16. The van der Waals surface area contributed by atoms with Gasteiger partial charge in [-0.1, -0.05) is 24.3 Å². The second-order valence-electron chi connectivity index (χ2n) is 12.2. The van der Waals surface area contributed by atoms with Crippen LogP contribution in [-0.4, -0.2) is 106 Å². The number of pyridine rings is 1. The molecular formula is C32H33F3N8O6. The van der Waals surface area contributed by atoms with Crippen LogP contribution in [0.1, 0.15) is 52.1 Å². The van der Waals surface area contributed by atoms with E-state index in [0.717, 1.165) is 18.5 Å². The highest BCUT2D eigenvalue weighted by Crippen LogP contribution is 2.32. The smallest absolute Gasteiger partial charge is 0.416 e. The Morgan fingerprint density at radius 1 is 1.06 bits per heavy atom. The summed E-state index contributed by atoms with van der Waals surface area (Å²) in [5, 5.41) is 9.74. The van der Waals surface area contributed by atoms with Crippen LogP contribution in [0.5, 0.6) is 0 Å². The number of alkyl halides is 3. The van der Waals surface area contributed by atoms with E-state index in [1.54, 1.807) is 29.2 Å². The van der Waals surface area contributed by atoms with Crippen LogP contribution >= 0.6 is 0 Å². The van der Waals surface area contributed by atoms with Crippen molar-refractivity contribution in [1.82, 2.24) is 30.0 Å². The third-order valence-electron chi connectivity index (χ3n) is 7.29. The quantitative estimate of drug-likeness (QED) is 0.245. The van der Waals surface area contributed by atoms with Crippen LogP contribution in [0.15, 0.2) is 53.3 Å². The van der Waals surface area contributed by atoms with E-state index in [0.29, 0.717) is 48.5 Å². The number of carbonyl (C=O) groups is 4. The van der Waals surface area contributed by atoms with Crippen LogP contribution in [0.4, 0.5) is 29.5 Å². The van der Waals surface area contributed by atoms with E-state index in [9.17, 15) is 32.3 Å². The van der Waals surface area contributed by atoms with Crippen LogP contribution in [-0.2, 0) is 4.74 Å². The molecule has 4 heterocycles. The van der Waals surface area contributed by atoms with Crippen molar-refractivity contribution < 1.29 is 41.5 Å². The highest BCUT2D eigenvalue weighted by molar-refractivity contribution is 6.10. The number of aromatic amines is 1. The summed E-state index contributed by atoms with van der Waals surface area (Å²) in [6.45, 7) is 5.11. The third kappa shape index (κ3) is 8.48. The number of rotatable bonds is 8. The van der Waals surface area contributed by atoms with Gasteiger partial charge >= 0.3 is 12.3 Å². The number of oxazole rings is 1. The summed E-state index contributed by atoms with van der Waals surface area (Å²) < 4.78 is 50.9. The van der Waals surface area contributed by atoms with E-state index < -0.39 is 30.3 Å². The van der Waals surface area contributed by atoms with Gasteiger partial charge in [0.25, 0.3) is 11.8 Å². The summed E-state index contributed by atoms with van der Waals surface area (Å²) in [6, 6.07) is 8.89. The van der Waals surface area contributed by atoms with Crippen molar-refractivity contribution in [2.75, 3.05) is 50.0 Å². The minimum absolute atomic E-state index is 0.0294. The molecule has 0 aliphatic carbocycles. The minimum Gasteiger partial charge on any atom is -0.444 e. The van der Waals surface area contributed by atoms with Crippen LogP contribution in [0, 0.1) is 0 Å². The Bertz CT molecular complexity index is 1840. The van der Waals surface area contributed by atoms with Crippen molar-refractivity contribution >= 4 is 35.7 Å². The molecule has 1 aromatic carbocycles. The molecule has 5 rings (SSSR count). The van der Waals surface area contributed by atoms with Gasteiger partial charge < -0.3 is 24.3 Å². The fourth-order valence-electron chi connectivity index (χ4n) is 4.84. The molecular weight excluding hydrogens is 649 g/mol. The number of carbonyl (C=O) groups excluding carboxylic acids is 4. The maximum atomic E-state index is 13.6. The zero-order chi connectivity index (χ0) is 35.5. The molecule has 0 radical (unpaired) electrons. The van der Waals surface area contributed by atoms with Crippen LogP contribution in [0.2, 0.25) is 0 Å². The lowest BCUT2D eigenvalue weighted by atomic mass is 10.1. The number of amides is 3. The lowest BCUT2D eigenvalue weighted by Gasteiger charge is -2.32. The molecule has 3 aromatic heterocycles. The van der Waals surface area contributed by atoms with Crippen molar-refractivity contribution in [2.24, 2.45) is 0 Å². The highest BCUT2D eigenvalue weighted by Gasteiger charge is 2.37. The Morgan fingerprint density at radius 2 is 1.76 bits per heavy atom. The van der Waals surface area contributed by atoms with E-state index in [4.69, 9.17) is 9.15 Å². The average Bonchev–Trinajstić information content (AvgIpc) is 3.71. The predicted molar refractivity (Wildman–Crippen MR) is 170 cm³/mol. The first-order valence-electron chi connectivity index (χ1n) is 15.0. The van der Waals surface area contributed by atoms with Gasteiger partial charge in [0, 0.05) is 49.1 Å². The fourth-order valence-corrected chi connectivity index (χ4v) is 4.84. The van der Waals surface area contributed by atoms with Gasteiger partial charge in [0.15, 0.2) is 5.69 Å². The standard InChI is InChI=1S/C32H33F3N8O6/c1-31(2,3)49-30(47)43(18-32(33,34)35)23-15-21(9-10-36-23)28-37-22(17-48-28)27(45)38-25-24(20-7-5-19(16-44)6-8-20)39-40-26(25)29(46)42-13-11-41(4)12-14-42/h5-10,15-17H,11-14,18H2,1-4H3,(H,38,45)(H,39,40). The predicted octanol–water partition coefficient (Wildman–Crippen LogP) is 4.88. The van der Waals surface area contributed by atoms with E-state index in [1.807, 2.05) is 7.05 Å². The van der Waals surface area contributed by atoms with E-state index in [2.05, 4.69) is 30.4 Å². The van der Waals surface area contributed by atoms with Crippen molar-refractivity contribution in [3.63, 3.8) is 0 Å². The van der Waals surface area contributed by atoms with Gasteiger partial charge in [-0.05, 0) is 40.0 Å². The second kappa shape index (κ2) is 13.9. The third-order valence-corrected chi connectivity index (χ3v) is 7.29. The second-order valence-corrected chi connectivity index (χ2v) is 12.2. The number of aldehydes is 1. The van der Waals surface area contributed by atoms with Crippen LogP contribution in [0.3, 0.4) is 0 Å². The summed E-state index contributed by atoms with van der Waals surface area (Å²) in [5.41, 5.74) is 0.0718. The number of nitrogens with one attached hydrogen (secondary N) is 2. The topological polar surface area (TPSA) is 167 Å².